The largest absolute Gasteiger partial charge is 0.324 e. The van der Waals surface area contributed by atoms with Crippen LogP contribution >= 0.6 is 34.5 Å². The number of nitrogens with one attached hydrogen (secondary N) is 1. The minimum Gasteiger partial charge on any atom is -0.324 e. The van der Waals surface area contributed by atoms with E-state index in [2.05, 4.69) is 5.32 Å². The molecule has 1 heterocycles. The van der Waals surface area contributed by atoms with Gasteiger partial charge in [0.2, 0.25) is 5.91 Å². The molecular formula is C23H16Cl2N2O2S. The van der Waals surface area contributed by atoms with Gasteiger partial charge in [0.15, 0.2) is 0 Å². The number of halogens is 2. The quantitative estimate of drug-likeness (QED) is 0.374. The number of nitrogens with zero attached hydrogens (tertiary/aromatic N) is 1. The molecule has 0 radical (unpaired) electrons. The van der Waals surface area contributed by atoms with E-state index in [9.17, 15) is 9.59 Å². The summed E-state index contributed by atoms with van der Waals surface area (Å²) in [6.45, 7) is -0.142. The van der Waals surface area contributed by atoms with Crippen molar-refractivity contribution in [3.8, 4) is 0 Å². The Morgan fingerprint density at radius 1 is 0.867 bits per heavy atom. The van der Waals surface area contributed by atoms with Crippen molar-refractivity contribution in [3.05, 3.63) is 93.8 Å². The van der Waals surface area contributed by atoms with Gasteiger partial charge in [0.25, 0.3) is 5.91 Å². The maximum Gasteiger partial charge on any atom is 0.268 e. The number of thiophene rings is 1. The molecule has 4 aromatic rings. The van der Waals surface area contributed by atoms with Crippen molar-refractivity contribution in [1.82, 2.24) is 0 Å². The van der Waals surface area contributed by atoms with Gasteiger partial charge in [0.1, 0.15) is 6.54 Å². The van der Waals surface area contributed by atoms with E-state index in [4.69, 9.17) is 23.2 Å². The highest BCUT2D eigenvalue weighted by Gasteiger charge is 2.22. The van der Waals surface area contributed by atoms with Gasteiger partial charge in [0.05, 0.1) is 14.9 Å². The number of carbonyl (C=O) groups excluding carboxylic acids is 2. The van der Waals surface area contributed by atoms with Crippen LogP contribution in [0.2, 0.25) is 10.0 Å². The van der Waals surface area contributed by atoms with Crippen molar-refractivity contribution in [2.45, 2.75) is 0 Å². The Balaban J connectivity index is 1.60. The van der Waals surface area contributed by atoms with Crippen LogP contribution in [0.1, 0.15) is 9.67 Å². The molecule has 0 unspecified atom stereocenters. The van der Waals surface area contributed by atoms with E-state index in [1.54, 1.807) is 30.3 Å². The fraction of sp³-hybridized carbons (Fsp3) is 0.0435. The molecule has 0 saturated carbocycles. The summed E-state index contributed by atoms with van der Waals surface area (Å²) in [6.07, 6.45) is 0. The number of benzene rings is 3. The normalized spacial score (nSPS) is 10.7. The SMILES string of the molecule is O=C(CN(C(=O)c1cc2ccccc2s1)c1ccccc1)Nc1ccc(Cl)c(Cl)c1. The number of fused-ring (bicyclic) bond motifs is 1. The molecule has 4 nitrogen and oxygen atoms in total. The monoisotopic (exact) mass is 454 g/mol. The first-order chi connectivity index (χ1) is 14.5. The van der Waals surface area contributed by atoms with Crippen LogP contribution in [0.5, 0.6) is 0 Å². The van der Waals surface area contributed by atoms with E-state index in [0.29, 0.717) is 26.3 Å². The Labute approximate surface area is 187 Å². The van der Waals surface area contributed by atoms with Crippen molar-refractivity contribution in [3.63, 3.8) is 0 Å². The molecule has 0 saturated heterocycles. The average Bonchev–Trinajstić information content (AvgIpc) is 3.19. The third-order valence-electron chi connectivity index (χ3n) is 4.45. The van der Waals surface area contributed by atoms with Crippen molar-refractivity contribution in [1.29, 1.82) is 0 Å². The molecule has 0 bridgehead atoms. The molecule has 0 aliphatic carbocycles. The summed E-state index contributed by atoms with van der Waals surface area (Å²) in [7, 11) is 0. The number of rotatable bonds is 5. The van der Waals surface area contributed by atoms with Gasteiger partial charge >= 0.3 is 0 Å². The van der Waals surface area contributed by atoms with Gasteiger partial charge in [-0.3, -0.25) is 14.5 Å². The fourth-order valence-electron chi connectivity index (χ4n) is 3.03. The molecule has 1 aromatic heterocycles. The second kappa shape index (κ2) is 8.88. The lowest BCUT2D eigenvalue weighted by Gasteiger charge is -2.22. The van der Waals surface area contributed by atoms with Crippen molar-refractivity contribution in [2.24, 2.45) is 0 Å². The zero-order valence-electron chi connectivity index (χ0n) is 15.6. The molecule has 150 valence electrons. The summed E-state index contributed by atoms with van der Waals surface area (Å²) < 4.78 is 1.02. The molecule has 0 aliphatic heterocycles. The Morgan fingerprint density at radius 3 is 2.33 bits per heavy atom. The molecule has 1 N–H and O–H groups in total. The fourth-order valence-corrected chi connectivity index (χ4v) is 4.34. The Kier molecular flexibility index (Phi) is 6.04. The summed E-state index contributed by atoms with van der Waals surface area (Å²) in [6, 6.07) is 23.6. The predicted molar refractivity (Wildman–Crippen MR) is 125 cm³/mol. The lowest BCUT2D eigenvalue weighted by atomic mass is 10.2. The zero-order chi connectivity index (χ0) is 21.1. The molecule has 0 aliphatic rings. The summed E-state index contributed by atoms with van der Waals surface area (Å²) in [5.41, 5.74) is 1.15. The van der Waals surface area contributed by atoms with Crippen molar-refractivity contribution < 1.29 is 9.59 Å². The zero-order valence-corrected chi connectivity index (χ0v) is 18.0. The third-order valence-corrected chi connectivity index (χ3v) is 6.30. The minimum atomic E-state index is -0.341. The van der Waals surface area contributed by atoms with Crippen LogP contribution in [-0.4, -0.2) is 18.4 Å². The molecule has 0 fully saturated rings. The van der Waals surface area contributed by atoms with Gasteiger partial charge in [-0.2, -0.15) is 0 Å². The standard InChI is InChI=1S/C23H16Cl2N2O2S/c24-18-11-10-16(13-19(18)25)26-22(28)14-27(17-7-2-1-3-8-17)23(29)21-12-15-6-4-5-9-20(15)30-21/h1-13H,14H2,(H,26,28). The smallest absolute Gasteiger partial charge is 0.268 e. The van der Waals surface area contributed by atoms with Crippen LogP contribution in [0.25, 0.3) is 10.1 Å². The summed E-state index contributed by atoms with van der Waals surface area (Å²) in [5, 5.41) is 4.52. The molecule has 7 heteroatoms. The molecular weight excluding hydrogens is 439 g/mol. The van der Waals surface area contributed by atoms with E-state index in [0.717, 1.165) is 10.1 Å². The van der Waals surface area contributed by atoms with Gasteiger partial charge in [0, 0.05) is 16.1 Å². The minimum absolute atomic E-state index is 0.142. The van der Waals surface area contributed by atoms with Crippen LogP contribution in [0.15, 0.2) is 78.9 Å². The van der Waals surface area contributed by atoms with Crippen LogP contribution in [0.4, 0.5) is 11.4 Å². The molecule has 30 heavy (non-hydrogen) atoms. The number of anilines is 2. The lowest BCUT2D eigenvalue weighted by molar-refractivity contribution is -0.114. The Bertz CT molecular complexity index is 1190. The summed E-state index contributed by atoms with van der Waals surface area (Å²) in [4.78, 5) is 28.1. The van der Waals surface area contributed by atoms with Gasteiger partial charge in [-0.15, -0.1) is 11.3 Å². The number of hydrogen-bond donors (Lipinski definition) is 1. The summed E-state index contributed by atoms with van der Waals surface area (Å²) >= 11 is 13.4. The van der Waals surface area contributed by atoms with Crippen LogP contribution in [0.3, 0.4) is 0 Å². The number of para-hydroxylation sites is 1. The highest BCUT2D eigenvalue weighted by Crippen LogP contribution is 2.28. The van der Waals surface area contributed by atoms with Crippen molar-refractivity contribution in [2.75, 3.05) is 16.8 Å². The van der Waals surface area contributed by atoms with Crippen LogP contribution in [-0.2, 0) is 4.79 Å². The average molecular weight is 455 g/mol. The van der Waals surface area contributed by atoms with E-state index in [1.807, 2.05) is 48.5 Å². The first kappa shape index (κ1) is 20.4. The lowest BCUT2D eigenvalue weighted by Crippen LogP contribution is -2.37. The van der Waals surface area contributed by atoms with Gasteiger partial charge in [-0.1, -0.05) is 59.6 Å². The Morgan fingerprint density at radius 2 is 1.60 bits per heavy atom. The maximum absolute atomic E-state index is 13.3. The van der Waals surface area contributed by atoms with E-state index in [1.165, 1.54) is 16.2 Å². The highest BCUT2D eigenvalue weighted by molar-refractivity contribution is 7.20. The molecule has 0 atom stereocenters. The van der Waals surface area contributed by atoms with Crippen molar-refractivity contribution >= 4 is 67.8 Å². The van der Waals surface area contributed by atoms with E-state index >= 15 is 0 Å². The predicted octanol–water partition coefficient (Wildman–Crippen LogP) is 6.49. The number of hydrogen-bond acceptors (Lipinski definition) is 3. The topological polar surface area (TPSA) is 49.4 Å². The van der Waals surface area contributed by atoms with Gasteiger partial charge in [-0.05, 0) is 47.9 Å². The summed E-state index contributed by atoms with van der Waals surface area (Å²) in [5.74, 6) is -0.571. The third kappa shape index (κ3) is 4.49. The van der Waals surface area contributed by atoms with E-state index in [-0.39, 0.29) is 18.4 Å². The second-order valence-electron chi connectivity index (χ2n) is 6.55. The van der Waals surface area contributed by atoms with Crippen LogP contribution in [0, 0.1) is 0 Å². The van der Waals surface area contributed by atoms with E-state index < -0.39 is 0 Å². The Hall–Kier alpha value is -2.86. The molecule has 3 aromatic carbocycles. The van der Waals surface area contributed by atoms with Crippen LogP contribution < -0.4 is 10.2 Å². The highest BCUT2D eigenvalue weighted by atomic mass is 35.5. The molecule has 4 rings (SSSR count). The number of carbonyl (C=O) groups is 2. The maximum atomic E-state index is 13.3. The first-order valence-electron chi connectivity index (χ1n) is 9.11. The second-order valence-corrected chi connectivity index (χ2v) is 8.45. The molecule has 0 spiro atoms. The molecule has 2 amide bonds. The first-order valence-corrected chi connectivity index (χ1v) is 10.7. The van der Waals surface area contributed by atoms with Gasteiger partial charge < -0.3 is 5.32 Å². The van der Waals surface area contributed by atoms with Gasteiger partial charge in [-0.25, -0.2) is 0 Å². The number of amides is 2.